The van der Waals surface area contributed by atoms with Crippen molar-refractivity contribution in [3.63, 3.8) is 0 Å². The van der Waals surface area contributed by atoms with Gasteiger partial charge in [-0.25, -0.2) is 0 Å². The Morgan fingerprint density at radius 1 is 1.46 bits per heavy atom. The van der Waals surface area contributed by atoms with Crippen LogP contribution in [0.15, 0.2) is 0 Å². The van der Waals surface area contributed by atoms with Crippen molar-refractivity contribution in [2.75, 3.05) is 13.6 Å². The van der Waals surface area contributed by atoms with Gasteiger partial charge in [-0.2, -0.15) is 0 Å². The van der Waals surface area contributed by atoms with E-state index in [-0.39, 0.29) is 5.96 Å². The first-order valence-electron chi connectivity index (χ1n) is 5.22. The molecule has 0 aliphatic heterocycles. The average Bonchev–Trinajstić information content (AvgIpc) is 2.64. The summed E-state index contributed by atoms with van der Waals surface area (Å²) in [4.78, 5) is 1.88. The molecule has 3 N–H and O–H groups in total. The Kier molecular flexibility index (Phi) is 2.18. The molecule has 2 aliphatic rings. The quantitative estimate of drug-likeness (QED) is 0.497. The van der Waals surface area contributed by atoms with E-state index in [1.54, 1.807) is 0 Å². The molecule has 3 unspecified atom stereocenters. The predicted octanol–water partition coefficient (Wildman–Crippen LogP) is 1.25. The van der Waals surface area contributed by atoms with Gasteiger partial charge in [0.15, 0.2) is 5.96 Å². The molecule has 0 aromatic rings. The lowest BCUT2D eigenvalue weighted by molar-refractivity contribution is 0.274. The number of hydrogen-bond donors (Lipinski definition) is 2. The van der Waals surface area contributed by atoms with E-state index in [2.05, 4.69) is 0 Å². The number of nitrogens with one attached hydrogen (secondary N) is 1. The van der Waals surface area contributed by atoms with Crippen LogP contribution in [0.5, 0.6) is 0 Å². The van der Waals surface area contributed by atoms with Gasteiger partial charge in [-0.15, -0.1) is 0 Å². The highest BCUT2D eigenvalue weighted by atomic mass is 15.2. The molecule has 0 aromatic heterocycles. The molecule has 2 rings (SSSR count). The molecular weight excluding hydrogens is 162 g/mol. The Balaban J connectivity index is 1.86. The van der Waals surface area contributed by atoms with Crippen LogP contribution in [-0.2, 0) is 0 Å². The zero-order chi connectivity index (χ0) is 9.42. The van der Waals surface area contributed by atoms with Crippen LogP contribution < -0.4 is 5.73 Å². The van der Waals surface area contributed by atoms with Crippen LogP contribution in [0.1, 0.15) is 25.7 Å². The molecule has 3 heteroatoms. The highest BCUT2D eigenvalue weighted by Gasteiger charge is 2.39. The Bertz CT molecular complexity index is 214. The van der Waals surface area contributed by atoms with Crippen molar-refractivity contribution in [1.29, 1.82) is 5.41 Å². The van der Waals surface area contributed by atoms with E-state index in [4.69, 9.17) is 11.1 Å². The van der Waals surface area contributed by atoms with Crippen LogP contribution in [0.25, 0.3) is 0 Å². The standard InChI is InChI=1S/C10H19N3/c1-13(10(11)12)6-9-5-7-2-3-8(9)4-7/h7-9H,2-6H2,1H3,(H3,11,12). The van der Waals surface area contributed by atoms with E-state index >= 15 is 0 Å². The topological polar surface area (TPSA) is 53.1 Å². The summed E-state index contributed by atoms with van der Waals surface area (Å²) in [6.07, 6.45) is 5.69. The first kappa shape index (κ1) is 8.85. The van der Waals surface area contributed by atoms with E-state index in [1.807, 2.05) is 11.9 Å². The smallest absolute Gasteiger partial charge is 0.188 e. The first-order valence-corrected chi connectivity index (χ1v) is 5.22. The molecule has 0 amide bonds. The number of fused-ring (bicyclic) bond motifs is 2. The third-order valence-corrected chi connectivity index (χ3v) is 3.80. The van der Waals surface area contributed by atoms with Crippen LogP contribution in [0.4, 0.5) is 0 Å². The lowest BCUT2D eigenvalue weighted by Gasteiger charge is -2.27. The zero-order valence-corrected chi connectivity index (χ0v) is 8.29. The molecule has 0 aromatic carbocycles. The maximum absolute atomic E-state index is 7.30. The van der Waals surface area contributed by atoms with Crippen molar-refractivity contribution in [1.82, 2.24) is 4.90 Å². The summed E-state index contributed by atoms with van der Waals surface area (Å²) in [5.41, 5.74) is 5.42. The first-order chi connectivity index (χ1) is 6.16. The Morgan fingerprint density at radius 2 is 2.23 bits per heavy atom. The van der Waals surface area contributed by atoms with Gasteiger partial charge in [0.25, 0.3) is 0 Å². The molecular formula is C10H19N3. The summed E-state index contributed by atoms with van der Waals surface area (Å²) in [7, 11) is 1.92. The van der Waals surface area contributed by atoms with Crippen molar-refractivity contribution >= 4 is 5.96 Å². The molecule has 0 spiro atoms. The third-order valence-electron chi connectivity index (χ3n) is 3.80. The third kappa shape index (κ3) is 1.64. The maximum atomic E-state index is 7.30. The fraction of sp³-hybridized carbons (Fsp3) is 0.900. The summed E-state index contributed by atoms with van der Waals surface area (Å²) in [5, 5.41) is 7.30. The van der Waals surface area contributed by atoms with Gasteiger partial charge in [-0.1, -0.05) is 6.42 Å². The molecule has 0 heterocycles. The van der Waals surface area contributed by atoms with Gasteiger partial charge in [-0.05, 0) is 37.0 Å². The van der Waals surface area contributed by atoms with Gasteiger partial charge in [0.05, 0.1) is 0 Å². The second kappa shape index (κ2) is 3.20. The Morgan fingerprint density at radius 3 is 2.69 bits per heavy atom. The van der Waals surface area contributed by atoms with Crippen LogP contribution in [0.2, 0.25) is 0 Å². The predicted molar refractivity (Wildman–Crippen MR) is 53.5 cm³/mol. The number of nitrogens with two attached hydrogens (primary N) is 1. The fourth-order valence-corrected chi connectivity index (χ4v) is 3.05. The minimum atomic E-state index is 0.211. The van der Waals surface area contributed by atoms with Crippen LogP contribution in [0, 0.1) is 23.2 Å². The minimum Gasteiger partial charge on any atom is -0.370 e. The van der Waals surface area contributed by atoms with E-state index < -0.39 is 0 Å². The van der Waals surface area contributed by atoms with Crippen molar-refractivity contribution in [3.8, 4) is 0 Å². The molecule has 0 saturated heterocycles. The molecule has 3 atom stereocenters. The van der Waals surface area contributed by atoms with Gasteiger partial charge >= 0.3 is 0 Å². The highest BCUT2D eigenvalue weighted by Crippen LogP contribution is 2.48. The largest absolute Gasteiger partial charge is 0.370 e. The van der Waals surface area contributed by atoms with Gasteiger partial charge in [0.1, 0.15) is 0 Å². The van der Waals surface area contributed by atoms with Crippen molar-refractivity contribution in [2.24, 2.45) is 23.5 Å². The zero-order valence-electron chi connectivity index (χ0n) is 8.29. The molecule has 2 saturated carbocycles. The van der Waals surface area contributed by atoms with E-state index in [9.17, 15) is 0 Å². The summed E-state index contributed by atoms with van der Waals surface area (Å²) >= 11 is 0. The number of nitrogens with zero attached hydrogens (tertiary/aromatic N) is 1. The second-order valence-electron chi connectivity index (χ2n) is 4.70. The van der Waals surface area contributed by atoms with Gasteiger partial charge < -0.3 is 10.6 Å². The van der Waals surface area contributed by atoms with Gasteiger partial charge in [0, 0.05) is 13.6 Å². The summed E-state index contributed by atoms with van der Waals surface area (Å²) in [6, 6.07) is 0. The SMILES string of the molecule is CN(CC1CC2CCC1C2)C(=N)N. The van der Waals surface area contributed by atoms with Gasteiger partial charge in [-0.3, -0.25) is 5.41 Å². The molecule has 0 radical (unpaired) electrons. The van der Waals surface area contributed by atoms with E-state index in [0.717, 1.165) is 24.3 Å². The normalized spacial score (nSPS) is 36.5. The van der Waals surface area contributed by atoms with Gasteiger partial charge in [0.2, 0.25) is 0 Å². The average molecular weight is 181 g/mol. The molecule has 74 valence electrons. The van der Waals surface area contributed by atoms with Crippen molar-refractivity contribution in [3.05, 3.63) is 0 Å². The Hall–Kier alpha value is -0.730. The summed E-state index contributed by atoms with van der Waals surface area (Å²) in [6.45, 7) is 0.997. The highest BCUT2D eigenvalue weighted by molar-refractivity contribution is 5.74. The molecule has 3 nitrogen and oxygen atoms in total. The molecule has 13 heavy (non-hydrogen) atoms. The molecule has 2 fully saturated rings. The van der Waals surface area contributed by atoms with Crippen molar-refractivity contribution in [2.45, 2.75) is 25.7 Å². The number of rotatable bonds is 2. The second-order valence-corrected chi connectivity index (χ2v) is 4.70. The lowest BCUT2D eigenvalue weighted by atomic mass is 9.88. The molecule has 2 bridgehead atoms. The summed E-state index contributed by atoms with van der Waals surface area (Å²) in [5.74, 6) is 2.96. The van der Waals surface area contributed by atoms with Crippen molar-refractivity contribution < 1.29 is 0 Å². The van der Waals surface area contributed by atoms with Crippen LogP contribution in [-0.4, -0.2) is 24.5 Å². The Labute approximate surface area is 79.8 Å². The van der Waals surface area contributed by atoms with Crippen LogP contribution >= 0.6 is 0 Å². The molecule has 2 aliphatic carbocycles. The van der Waals surface area contributed by atoms with E-state index in [1.165, 1.54) is 25.7 Å². The van der Waals surface area contributed by atoms with E-state index in [0.29, 0.717) is 0 Å². The number of hydrogen-bond acceptors (Lipinski definition) is 1. The minimum absolute atomic E-state index is 0.211. The lowest BCUT2D eigenvalue weighted by Crippen LogP contribution is -2.37. The van der Waals surface area contributed by atoms with Crippen LogP contribution in [0.3, 0.4) is 0 Å². The number of guanidine groups is 1. The maximum Gasteiger partial charge on any atom is 0.188 e. The summed E-state index contributed by atoms with van der Waals surface area (Å²) < 4.78 is 0. The fourth-order valence-electron chi connectivity index (χ4n) is 3.05. The monoisotopic (exact) mass is 181 g/mol.